The zero-order valence-corrected chi connectivity index (χ0v) is 17.6. The van der Waals surface area contributed by atoms with Gasteiger partial charge in [0.2, 0.25) is 5.91 Å². The van der Waals surface area contributed by atoms with E-state index in [1.54, 1.807) is 7.11 Å². The molecule has 2 rings (SSSR count). The molecule has 0 spiro atoms. The van der Waals surface area contributed by atoms with Crippen LogP contribution in [0, 0.1) is 5.41 Å². The Bertz CT molecular complexity index is 631. The number of anilines is 1. The minimum atomic E-state index is -0.570. The van der Waals surface area contributed by atoms with Crippen molar-refractivity contribution in [3.63, 3.8) is 0 Å². The van der Waals surface area contributed by atoms with Gasteiger partial charge in [-0.05, 0) is 25.9 Å². The van der Waals surface area contributed by atoms with Crippen LogP contribution in [0.2, 0.25) is 0 Å². The van der Waals surface area contributed by atoms with Crippen molar-refractivity contribution in [3.8, 4) is 0 Å². The Morgan fingerprint density at radius 3 is 2.38 bits per heavy atom. The number of amides is 1. The Balaban J connectivity index is 0.00000338. The van der Waals surface area contributed by atoms with Gasteiger partial charge in [-0.1, -0.05) is 32.1 Å². The van der Waals surface area contributed by atoms with E-state index in [0.717, 1.165) is 24.4 Å². The van der Waals surface area contributed by atoms with Crippen LogP contribution in [0.15, 0.2) is 0 Å². The van der Waals surface area contributed by atoms with Crippen molar-refractivity contribution >= 4 is 40.8 Å². The second kappa shape index (κ2) is 9.12. The van der Waals surface area contributed by atoms with Gasteiger partial charge in [-0.25, -0.2) is 9.78 Å². The van der Waals surface area contributed by atoms with Crippen molar-refractivity contribution < 1.29 is 19.1 Å². The van der Waals surface area contributed by atoms with Crippen LogP contribution in [-0.4, -0.2) is 50.8 Å². The van der Waals surface area contributed by atoms with Crippen LogP contribution >= 0.6 is 23.7 Å². The van der Waals surface area contributed by atoms with Crippen molar-refractivity contribution in [2.45, 2.75) is 39.0 Å². The van der Waals surface area contributed by atoms with E-state index in [9.17, 15) is 9.59 Å². The van der Waals surface area contributed by atoms with Gasteiger partial charge in [0.25, 0.3) is 0 Å². The molecule has 0 bridgehead atoms. The van der Waals surface area contributed by atoms with E-state index in [2.05, 4.69) is 15.6 Å². The number of piperidine rings is 1. The summed E-state index contributed by atoms with van der Waals surface area (Å²) in [5.74, 6) is -0.544. The maximum Gasteiger partial charge on any atom is 0.350 e. The van der Waals surface area contributed by atoms with Gasteiger partial charge in [0.15, 0.2) is 5.13 Å². The van der Waals surface area contributed by atoms with E-state index in [1.807, 2.05) is 20.8 Å². The van der Waals surface area contributed by atoms with E-state index in [4.69, 9.17) is 9.47 Å². The largest absolute Gasteiger partial charge is 0.465 e. The van der Waals surface area contributed by atoms with Crippen LogP contribution in [0.3, 0.4) is 0 Å². The molecule has 0 unspecified atom stereocenters. The zero-order valence-electron chi connectivity index (χ0n) is 15.9. The summed E-state index contributed by atoms with van der Waals surface area (Å²) in [4.78, 5) is 29.9. The minimum Gasteiger partial charge on any atom is -0.465 e. The van der Waals surface area contributed by atoms with Gasteiger partial charge in [-0.3, -0.25) is 4.79 Å². The lowest BCUT2D eigenvalue weighted by molar-refractivity contribution is -0.130. The van der Waals surface area contributed by atoms with Crippen LogP contribution in [0.25, 0.3) is 0 Å². The Morgan fingerprint density at radius 2 is 1.88 bits per heavy atom. The van der Waals surface area contributed by atoms with Crippen molar-refractivity contribution in [3.05, 3.63) is 10.6 Å². The summed E-state index contributed by atoms with van der Waals surface area (Å²) in [5.41, 5.74) is -0.271. The van der Waals surface area contributed by atoms with Crippen molar-refractivity contribution in [2.75, 3.05) is 39.2 Å². The second-order valence-corrected chi connectivity index (χ2v) is 8.35. The summed E-state index contributed by atoms with van der Waals surface area (Å²) in [6, 6.07) is 0. The molecule has 1 aromatic heterocycles. The molecule has 9 heteroatoms. The highest BCUT2D eigenvalue weighted by Crippen LogP contribution is 2.35. The maximum absolute atomic E-state index is 12.9. The molecule has 26 heavy (non-hydrogen) atoms. The number of carbonyl (C=O) groups is 2. The SMILES string of the molecule is COCC1(C(=O)Nc2nc(C(C)(C)C)c(C(=O)OC)s2)CCNCC1.Cl. The van der Waals surface area contributed by atoms with Crippen LogP contribution in [0.5, 0.6) is 0 Å². The summed E-state index contributed by atoms with van der Waals surface area (Å²) in [6.07, 6.45) is 1.40. The fourth-order valence-corrected chi connectivity index (χ4v) is 4.05. The molecule has 1 amide bonds. The third-order valence-electron chi connectivity index (χ3n) is 4.39. The number of aromatic nitrogens is 1. The summed E-state index contributed by atoms with van der Waals surface area (Å²) in [7, 11) is 2.95. The van der Waals surface area contributed by atoms with E-state index >= 15 is 0 Å². The normalized spacial score (nSPS) is 16.5. The third-order valence-corrected chi connectivity index (χ3v) is 5.34. The molecule has 148 valence electrons. The topological polar surface area (TPSA) is 89.5 Å². The molecule has 0 saturated carbocycles. The smallest absolute Gasteiger partial charge is 0.350 e. The van der Waals surface area contributed by atoms with Crippen LogP contribution in [0.1, 0.15) is 49.0 Å². The van der Waals surface area contributed by atoms with Gasteiger partial charge in [-0.15, -0.1) is 12.4 Å². The number of methoxy groups -OCH3 is 2. The highest BCUT2D eigenvalue weighted by molar-refractivity contribution is 7.17. The molecule has 0 aromatic carbocycles. The maximum atomic E-state index is 12.9. The number of nitrogens with one attached hydrogen (secondary N) is 2. The molecule has 7 nitrogen and oxygen atoms in total. The first-order valence-electron chi connectivity index (χ1n) is 8.34. The molecule has 2 N–H and O–H groups in total. The Labute approximate surface area is 164 Å². The third kappa shape index (κ3) is 4.94. The van der Waals surface area contributed by atoms with Gasteiger partial charge < -0.3 is 20.1 Å². The molecule has 1 aromatic rings. The van der Waals surface area contributed by atoms with E-state index < -0.39 is 11.4 Å². The first kappa shape index (κ1) is 22.8. The van der Waals surface area contributed by atoms with Gasteiger partial charge in [-0.2, -0.15) is 0 Å². The van der Waals surface area contributed by atoms with E-state index in [1.165, 1.54) is 7.11 Å². The number of rotatable bonds is 5. The molecule has 2 heterocycles. The molecular weight excluding hydrogens is 378 g/mol. The fraction of sp³-hybridized carbons (Fsp3) is 0.706. The number of hydrogen-bond acceptors (Lipinski definition) is 7. The number of hydrogen-bond donors (Lipinski definition) is 2. The summed E-state index contributed by atoms with van der Waals surface area (Å²) < 4.78 is 10.2. The minimum absolute atomic E-state index is 0. The molecule has 1 saturated heterocycles. The van der Waals surface area contributed by atoms with Gasteiger partial charge in [0.05, 0.1) is 24.8 Å². The lowest BCUT2D eigenvalue weighted by Gasteiger charge is -2.35. The molecule has 1 fully saturated rings. The second-order valence-electron chi connectivity index (χ2n) is 7.36. The standard InChI is InChI=1S/C17H27N3O4S.ClH/c1-16(2,3)12-11(13(21)24-5)25-15(19-12)20-14(22)17(10-23-4)6-8-18-9-7-17;/h18H,6-10H2,1-5H3,(H,19,20,22);1H. The molecule has 0 atom stereocenters. The fourth-order valence-electron chi connectivity index (χ4n) is 2.96. The Kier molecular flexibility index (Phi) is 8.01. The quantitative estimate of drug-likeness (QED) is 0.732. The van der Waals surface area contributed by atoms with E-state index in [-0.39, 0.29) is 23.7 Å². The highest BCUT2D eigenvalue weighted by atomic mass is 35.5. The van der Waals surface area contributed by atoms with Crippen LogP contribution < -0.4 is 10.6 Å². The Morgan fingerprint density at radius 1 is 1.27 bits per heavy atom. The molecule has 0 radical (unpaired) electrons. The van der Waals surface area contributed by atoms with Gasteiger partial charge >= 0.3 is 5.97 Å². The van der Waals surface area contributed by atoms with Crippen LogP contribution in [0.4, 0.5) is 5.13 Å². The molecular formula is C17H28ClN3O4S. The monoisotopic (exact) mass is 405 g/mol. The average Bonchev–Trinajstić information content (AvgIpc) is 2.99. The number of ether oxygens (including phenoxy) is 2. The predicted octanol–water partition coefficient (Wildman–Crippen LogP) is 2.60. The molecule has 1 aliphatic heterocycles. The summed E-state index contributed by atoms with van der Waals surface area (Å²) >= 11 is 1.15. The van der Waals surface area contributed by atoms with Crippen molar-refractivity contribution in [1.82, 2.24) is 10.3 Å². The number of esters is 1. The zero-order chi connectivity index (χ0) is 18.7. The Hall–Kier alpha value is -1.22. The van der Waals surface area contributed by atoms with Gasteiger partial charge in [0.1, 0.15) is 4.88 Å². The highest BCUT2D eigenvalue weighted by Gasteiger charge is 2.40. The predicted molar refractivity (Wildman–Crippen MR) is 104 cm³/mol. The summed E-state index contributed by atoms with van der Waals surface area (Å²) in [6.45, 7) is 7.82. The molecule has 0 aliphatic carbocycles. The number of nitrogens with zero attached hydrogens (tertiary/aromatic N) is 1. The van der Waals surface area contributed by atoms with Gasteiger partial charge in [0, 0.05) is 12.5 Å². The lowest BCUT2D eigenvalue weighted by Crippen LogP contribution is -2.47. The number of thiazole rings is 1. The number of carbonyl (C=O) groups excluding carboxylic acids is 2. The molecule has 1 aliphatic rings. The first-order chi connectivity index (χ1) is 11.7. The van der Waals surface area contributed by atoms with Crippen LogP contribution in [-0.2, 0) is 19.7 Å². The number of halogens is 1. The van der Waals surface area contributed by atoms with Crippen molar-refractivity contribution in [1.29, 1.82) is 0 Å². The first-order valence-corrected chi connectivity index (χ1v) is 9.16. The lowest BCUT2D eigenvalue weighted by atomic mass is 9.79. The van der Waals surface area contributed by atoms with Crippen molar-refractivity contribution in [2.24, 2.45) is 5.41 Å². The van der Waals surface area contributed by atoms with E-state index in [0.29, 0.717) is 35.2 Å². The average molecular weight is 406 g/mol. The summed E-state index contributed by atoms with van der Waals surface area (Å²) in [5, 5.41) is 6.59.